The fourth-order valence-corrected chi connectivity index (χ4v) is 18.5. The van der Waals surface area contributed by atoms with Gasteiger partial charge in [-0.25, -0.2) is 0 Å². The van der Waals surface area contributed by atoms with E-state index in [0.717, 1.165) is 0 Å². The van der Waals surface area contributed by atoms with E-state index in [1.165, 1.54) is 0 Å². The van der Waals surface area contributed by atoms with Crippen LogP contribution < -0.4 is 0 Å². The quantitative estimate of drug-likeness (QED) is 0.0620. The Morgan fingerprint density at radius 2 is 1.26 bits per heavy atom. The lowest BCUT2D eigenvalue weighted by atomic mass is 9.75. The monoisotopic (exact) mass is 622 g/mol. The van der Waals surface area contributed by atoms with E-state index in [9.17, 15) is 14.4 Å². The molecule has 39 heavy (non-hydrogen) atoms. The number of carbonyl (C=O) groups is 3. The summed E-state index contributed by atoms with van der Waals surface area (Å²) < 4.78 is 36.1. The van der Waals surface area contributed by atoms with Crippen LogP contribution in [0.25, 0.3) is 0 Å². The van der Waals surface area contributed by atoms with Gasteiger partial charge in [0.05, 0.1) is 18.6 Å². The number of Topliss-reactive ketones (excluding diaryl/α,β-unsaturated/α-hetero) is 1. The number of epoxide rings is 1. The number of hydrogen-bond donors (Lipinski definition) is 0. The number of hydrogen-bond acceptors (Lipinski definition) is 9. The van der Waals surface area contributed by atoms with Crippen molar-refractivity contribution < 1.29 is 40.9 Å². The van der Waals surface area contributed by atoms with E-state index in [2.05, 4.69) is 58.9 Å². The van der Waals surface area contributed by atoms with Crippen LogP contribution in [0.5, 0.6) is 0 Å². The molecule has 0 aromatic heterocycles. The van der Waals surface area contributed by atoms with Crippen molar-refractivity contribution in [3.05, 3.63) is 0 Å². The van der Waals surface area contributed by atoms with Gasteiger partial charge < -0.3 is 26.6 Å². The van der Waals surface area contributed by atoms with Crippen molar-refractivity contribution in [1.29, 1.82) is 0 Å². The lowest BCUT2D eigenvalue weighted by Gasteiger charge is -2.42. The molecular formula is C26H54O9Si4. The van der Waals surface area contributed by atoms with Crippen molar-refractivity contribution in [2.75, 3.05) is 19.8 Å². The topological polar surface area (TPSA) is 110 Å². The molecule has 0 aromatic carbocycles. The third-order valence-electron chi connectivity index (χ3n) is 5.98. The molecule has 2 unspecified atom stereocenters. The summed E-state index contributed by atoms with van der Waals surface area (Å²) in [5.41, 5.74) is -2.42. The first-order valence-electron chi connectivity index (χ1n) is 14.0. The zero-order valence-electron chi connectivity index (χ0n) is 26.7. The normalized spacial score (nSPS) is 18.3. The maximum Gasteiger partial charge on any atom is 0.469 e. The van der Waals surface area contributed by atoms with E-state index in [1.54, 1.807) is 27.7 Å². The third-order valence-corrected chi connectivity index (χ3v) is 18.0. The third kappa shape index (κ3) is 13.2. The van der Waals surface area contributed by atoms with Gasteiger partial charge in [0.25, 0.3) is 0 Å². The minimum atomic E-state index is -3.04. The van der Waals surface area contributed by atoms with Crippen LogP contribution in [0.4, 0.5) is 0 Å². The zero-order valence-corrected chi connectivity index (χ0v) is 30.7. The Hall–Kier alpha value is -0.682. The van der Waals surface area contributed by atoms with Gasteiger partial charge in [0.2, 0.25) is 0 Å². The number of ether oxygens (including phenoxy) is 3. The summed E-state index contributed by atoms with van der Waals surface area (Å²) in [5.74, 6) is -1.40. The van der Waals surface area contributed by atoms with E-state index in [-0.39, 0.29) is 37.9 Å². The molecular weight excluding hydrogens is 569 g/mol. The molecule has 0 spiro atoms. The van der Waals surface area contributed by atoms with Crippen molar-refractivity contribution in [2.45, 2.75) is 118 Å². The summed E-state index contributed by atoms with van der Waals surface area (Å²) in [7, 11) is -9.06. The summed E-state index contributed by atoms with van der Waals surface area (Å²) in [6.07, 6.45) is 0.597. The number of carbonyl (C=O) groups excluding carboxylic acids is 3. The molecule has 0 amide bonds. The largest absolute Gasteiger partial charge is 0.469 e. The second kappa shape index (κ2) is 13.5. The van der Waals surface area contributed by atoms with E-state index in [1.807, 2.05) is 0 Å². The van der Waals surface area contributed by atoms with Crippen molar-refractivity contribution >= 4 is 51.5 Å². The van der Waals surface area contributed by atoms with E-state index in [4.69, 9.17) is 26.6 Å². The molecule has 9 nitrogen and oxygen atoms in total. The Morgan fingerprint density at radius 3 is 1.64 bits per heavy atom. The van der Waals surface area contributed by atoms with Gasteiger partial charge in [-0.3, -0.25) is 14.4 Å². The fourth-order valence-electron chi connectivity index (χ4n) is 3.88. The molecule has 0 bridgehead atoms. The van der Waals surface area contributed by atoms with Crippen molar-refractivity contribution in [1.82, 2.24) is 0 Å². The van der Waals surface area contributed by atoms with Crippen LogP contribution in [0.3, 0.4) is 0 Å². The predicted molar refractivity (Wildman–Crippen MR) is 162 cm³/mol. The van der Waals surface area contributed by atoms with Gasteiger partial charge in [-0.05, 0) is 92.5 Å². The molecule has 1 saturated heterocycles. The molecule has 1 aliphatic heterocycles. The van der Waals surface area contributed by atoms with Gasteiger partial charge in [-0.15, -0.1) is 0 Å². The molecule has 0 aromatic rings. The van der Waals surface area contributed by atoms with Crippen LogP contribution in [-0.4, -0.2) is 77.4 Å². The van der Waals surface area contributed by atoms with Gasteiger partial charge in [0, 0.05) is 12.5 Å². The molecule has 0 aliphatic carbocycles. The Labute approximate surface area is 240 Å². The minimum Gasteiger partial charge on any atom is -0.465 e. The van der Waals surface area contributed by atoms with Crippen LogP contribution >= 0.6 is 0 Å². The van der Waals surface area contributed by atoms with Crippen molar-refractivity contribution in [3.63, 3.8) is 0 Å². The molecule has 1 aliphatic rings. The van der Waals surface area contributed by atoms with Gasteiger partial charge in [-0.2, -0.15) is 0 Å². The molecule has 0 N–H and O–H groups in total. The average molecular weight is 623 g/mol. The second-order valence-corrected chi connectivity index (χ2v) is 31.3. The number of rotatable bonds is 18. The highest BCUT2D eigenvalue weighted by Crippen LogP contribution is 2.34. The van der Waals surface area contributed by atoms with Crippen LogP contribution in [-0.2, 0) is 40.9 Å². The van der Waals surface area contributed by atoms with E-state index >= 15 is 0 Å². The maximum atomic E-state index is 13.3. The Balaban J connectivity index is 2.89. The summed E-state index contributed by atoms with van der Waals surface area (Å²) in [6, 6.07) is 0.541. The summed E-state index contributed by atoms with van der Waals surface area (Å²) in [4.78, 5) is 39.0. The first kappa shape index (κ1) is 36.3. The lowest BCUT2D eigenvalue weighted by molar-refractivity contribution is -0.164. The highest BCUT2D eigenvalue weighted by Gasteiger charge is 2.50. The van der Waals surface area contributed by atoms with Gasteiger partial charge in [-0.1, -0.05) is 6.92 Å². The molecule has 1 fully saturated rings. The standard InChI is InChI=1S/C26H54O9Si4/c1-14-26(4,22(27)18-25(2,3)23(28)32-20-21-19-31-21)24(29)30-16-15-17-39(33-36(5,6)7,34-37(8,9)10)35-38(11,12)13/h21H,14-20H2,1-13H3. The van der Waals surface area contributed by atoms with Crippen molar-refractivity contribution in [3.8, 4) is 0 Å². The molecule has 1 heterocycles. The Bertz CT molecular complexity index is 814. The smallest absolute Gasteiger partial charge is 0.465 e. The fraction of sp³-hybridized carbons (Fsp3) is 0.885. The first-order chi connectivity index (χ1) is 17.4. The highest BCUT2D eigenvalue weighted by atomic mass is 28.5. The molecule has 2 atom stereocenters. The van der Waals surface area contributed by atoms with E-state index in [0.29, 0.717) is 19.1 Å². The van der Waals surface area contributed by atoms with Crippen LogP contribution in [0.2, 0.25) is 65.0 Å². The molecule has 0 saturated carbocycles. The molecule has 13 heteroatoms. The molecule has 1 rings (SSSR count). The van der Waals surface area contributed by atoms with Crippen LogP contribution in [0, 0.1) is 10.8 Å². The van der Waals surface area contributed by atoms with Crippen LogP contribution in [0.15, 0.2) is 0 Å². The number of esters is 2. The summed E-state index contributed by atoms with van der Waals surface area (Å²) in [6.45, 7) is 26.7. The highest BCUT2D eigenvalue weighted by molar-refractivity contribution is 6.90. The molecule has 0 radical (unpaired) electrons. The van der Waals surface area contributed by atoms with Gasteiger partial charge in [0.15, 0.2) is 30.7 Å². The SMILES string of the molecule is CCC(C)(C(=O)CC(C)(C)C(=O)OCC1CO1)C(=O)OCCC[Si](O[Si](C)(C)C)(O[Si](C)(C)C)O[Si](C)(C)C. The molecule has 228 valence electrons. The Morgan fingerprint density at radius 1 is 0.795 bits per heavy atom. The second-order valence-electron chi connectivity index (χ2n) is 14.3. The van der Waals surface area contributed by atoms with Gasteiger partial charge >= 0.3 is 20.7 Å². The van der Waals surface area contributed by atoms with Gasteiger partial charge in [0.1, 0.15) is 18.1 Å². The number of ketones is 1. The van der Waals surface area contributed by atoms with E-state index < -0.39 is 56.5 Å². The lowest BCUT2D eigenvalue weighted by Crippen LogP contribution is -2.60. The average Bonchev–Trinajstić information content (AvgIpc) is 3.54. The summed E-state index contributed by atoms with van der Waals surface area (Å²) >= 11 is 0. The zero-order chi connectivity index (χ0) is 30.5. The first-order valence-corrected chi connectivity index (χ1v) is 26.2. The van der Waals surface area contributed by atoms with Crippen LogP contribution in [0.1, 0.15) is 47.0 Å². The Kier molecular flexibility index (Phi) is 12.6. The summed E-state index contributed by atoms with van der Waals surface area (Å²) in [5, 5.41) is 0. The predicted octanol–water partition coefficient (Wildman–Crippen LogP) is 5.76. The minimum absolute atomic E-state index is 0.0541. The van der Waals surface area contributed by atoms with Crippen molar-refractivity contribution in [2.24, 2.45) is 10.8 Å². The maximum absolute atomic E-state index is 13.3.